The van der Waals surface area contributed by atoms with Crippen molar-refractivity contribution in [2.24, 2.45) is 0 Å². The number of halogens is 1. The van der Waals surface area contributed by atoms with Crippen LogP contribution in [0.3, 0.4) is 0 Å². The van der Waals surface area contributed by atoms with Gasteiger partial charge in [-0.15, -0.1) is 0 Å². The van der Waals surface area contributed by atoms with E-state index in [4.69, 9.17) is 9.47 Å². The number of carbonyl (C=O) groups excluding carboxylic acids is 1. The van der Waals surface area contributed by atoms with Crippen molar-refractivity contribution in [2.75, 3.05) is 20.2 Å². The fraction of sp³-hybridized carbons (Fsp3) is 0.647. The van der Waals surface area contributed by atoms with Crippen LogP contribution in [-0.4, -0.2) is 47.8 Å². The minimum Gasteiger partial charge on any atom is -0.481 e. The number of hydrogen-bond donors (Lipinski definition) is 1. The molecule has 1 aliphatic heterocycles. The summed E-state index contributed by atoms with van der Waals surface area (Å²) >= 11 is 2.31. The molecule has 1 saturated heterocycles. The Kier molecular flexibility index (Phi) is 6.68. The van der Waals surface area contributed by atoms with Gasteiger partial charge in [-0.1, -0.05) is 0 Å². The maximum absolute atomic E-state index is 12.0. The van der Waals surface area contributed by atoms with Crippen LogP contribution in [0.4, 0.5) is 4.79 Å². The Morgan fingerprint density at radius 1 is 1.50 bits per heavy atom. The number of nitrogens with one attached hydrogen (secondary N) is 1. The molecule has 0 bridgehead atoms. The molecule has 2 rings (SSSR count). The summed E-state index contributed by atoms with van der Waals surface area (Å²) < 4.78 is 11.9. The Bertz CT molecular complexity index is 575. The van der Waals surface area contributed by atoms with Crippen LogP contribution in [0.2, 0.25) is 0 Å². The summed E-state index contributed by atoms with van der Waals surface area (Å²) in [6, 6.07) is 2.09. The van der Waals surface area contributed by atoms with Gasteiger partial charge < -0.3 is 14.8 Å². The second-order valence-electron chi connectivity index (χ2n) is 7.00. The second-order valence-corrected chi connectivity index (χ2v) is 8.16. The lowest BCUT2D eigenvalue weighted by Crippen LogP contribution is -2.48. The average molecular weight is 447 g/mol. The minimum atomic E-state index is -0.475. The van der Waals surface area contributed by atoms with Crippen LogP contribution < -0.4 is 10.1 Å². The molecule has 0 unspecified atom stereocenters. The highest BCUT2D eigenvalue weighted by Gasteiger charge is 2.25. The highest BCUT2D eigenvalue weighted by Crippen LogP contribution is 2.24. The number of carbonyl (C=O) groups is 1. The molecule has 0 saturated carbocycles. The van der Waals surface area contributed by atoms with E-state index in [9.17, 15) is 4.79 Å². The average Bonchev–Trinajstić information content (AvgIpc) is 2.47. The monoisotopic (exact) mass is 447 g/mol. The first-order chi connectivity index (χ1) is 11.3. The van der Waals surface area contributed by atoms with E-state index >= 15 is 0 Å². The number of likely N-dealkylation sites (tertiary alicyclic amines) is 1. The topological polar surface area (TPSA) is 63.7 Å². The molecule has 1 amide bonds. The molecule has 0 radical (unpaired) electrons. The zero-order chi connectivity index (χ0) is 17.7. The largest absolute Gasteiger partial charge is 0.481 e. The zero-order valence-corrected chi connectivity index (χ0v) is 16.9. The third-order valence-corrected chi connectivity index (χ3v) is 4.77. The molecule has 1 N–H and O–H groups in total. The Morgan fingerprint density at radius 3 is 2.92 bits per heavy atom. The molecule has 0 aliphatic carbocycles. The first-order valence-electron chi connectivity index (χ1n) is 8.17. The van der Waals surface area contributed by atoms with E-state index in [-0.39, 0.29) is 12.1 Å². The molecule has 0 spiro atoms. The van der Waals surface area contributed by atoms with Gasteiger partial charge in [-0.3, -0.25) is 4.90 Å². The molecule has 1 aromatic heterocycles. The molecule has 2 heterocycles. The number of ether oxygens (including phenoxy) is 2. The van der Waals surface area contributed by atoms with E-state index in [0.29, 0.717) is 5.88 Å². The van der Waals surface area contributed by atoms with Crippen molar-refractivity contribution in [3.8, 4) is 5.88 Å². The molecular formula is C17H26IN3O3. The van der Waals surface area contributed by atoms with E-state index in [1.54, 1.807) is 13.3 Å². The number of aromatic nitrogens is 1. The minimum absolute atomic E-state index is 0.105. The first-order valence-corrected chi connectivity index (χ1v) is 9.25. The summed E-state index contributed by atoms with van der Waals surface area (Å²) in [6.07, 6.45) is 3.42. The molecule has 7 heteroatoms. The highest BCUT2D eigenvalue weighted by atomic mass is 127. The smallest absolute Gasteiger partial charge is 0.407 e. The van der Waals surface area contributed by atoms with Crippen molar-refractivity contribution in [1.29, 1.82) is 0 Å². The van der Waals surface area contributed by atoms with Crippen LogP contribution in [0.5, 0.6) is 5.88 Å². The fourth-order valence-electron chi connectivity index (χ4n) is 2.78. The van der Waals surface area contributed by atoms with E-state index in [1.165, 1.54) is 0 Å². The van der Waals surface area contributed by atoms with Gasteiger partial charge in [-0.25, -0.2) is 9.78 Å². The summed E-state index contributed by atoms with van der Waals surface area (Å²) in [4.78, 5) is 18.6. The predicted octanol–water partition coefficient (Wildman–Crippen LogP) is 3.18. The summed E-state index contributed by atoms with van der Waals surface area (Å²) in [7, 11) is 1.64. The quantitative estimate of drug-likeness (QED) is 0.719. The van der Waals surface area contributed by atoms with E-state index in [0.717, 1.165) is 41.6 Å². The summed E-state index contributed by atoms with van der Waals surface area (Å²) in [5.41, 5.74) is 0.621. The van der Waals surface area contributed by atoms with Gasteiger partial charge in [0.1, 0.15) is 5.60 Å². The lowest BCUT2D eigenvalue weighted by Gasteiger charge is -2.33. The van der Waals surface area contributed by atoms with E-state index < -0.39 is 5.60 Å². The number of piperidine rings is 1. The third-order valence-electron chi connectivity index (χ3n) is 3.76. The number of amides is 1. The van der Waals surface area contributed by atoms with Crippen LogP contribution in [0.15, 0.2) is 12.3 Å². The van der Waals surface area contributed by atoms with E-state index in [2.05, 4.69) is 37.8 Å². The molecule has 1 fully saturated rings. The summed E-state index contributed by atoms with van der Waals surface area (Å²) in [6.45, 7) is 8.18. The highest BCUT2D eigenvalue weighted by molar-refractivity contribution is 14.1. The van der Waals surface area contributed by atoms with Crippen molar-refractivity contribution in [1.82, 2.24) is 15.2 Å². The number of methoxy groups -OCH3 is 1. The van der Waals surface area contributed by atoms with Crippen LogP contribution in [0.1, 0.15) is 39.2 Å². The molecule has 24 heavy (non-hydrogen) atoms. The maximum Gasteiger partial charge on any atom is 0.407 e. The second kappa shape index (κ2) is 8.33. The number of hydrogen-bond acceptors (Lipinski definition) is 5. The van der Waals surface area contributed by atoms with Crippen molar-refractivity contribution in [2.45, 2.75) is 51.8 Å². The first kappa shape index (κ1) is 19.2. The number of rotatable bonds is 4. The van der Waals surface area contributed by atoms with Gasteiger partial charge in [0.15, 0.2) is 0 Å². The normalized spacial score (nSPS) is 19.0. The zero-order valence-electron chi connectivity index (χ0n) is 14.8. The van der Waals surface area contributed by atoms with Crippen molar-refractivity contribution in [3.63, 3.8) is 0 Å². The number of pyridine rings is 1. The molecule has 1 aromatic rings. The van der Waals surface area contributed by atoms with Crippen LogP contribution in [-0.2, 0) is 11.3 Å². The van der Waals surface area contributed by atoms with Crippen LogP contribution >= 0.6 is 22.6 Å². The van der Waals surface area contributed by atoms with Crippen LogP contribution in [0, 0.1) is 3.57 Å². The Hall–Kier alpha value is -1.09. The Labute approximate surface area is 157 Å². The van der Waals surface area contributed by atoms with Gasteiger partial charge in [-0.05, 0) is 68.8 Å². The Morgan fingerprint density at radius 2 is 2.25 bits per heavy atom. The molecule has 0 aromatic carbocycles. The third kappa shape index (κ3) is 5.77. The molecule has 1 atom stereocenters. The fourth-order valence-corrected chi connectivity index (χ4v) is 3.35. The van der Waals surface area contributed by atoms with Crippen molar-refractivity contribution >= 4 is 28.7 Å². The molecule has 1 aliphatic rings. The molecular weight excluding hydrogens is 421 g/mol. The summed E-state index contributed by atoms with van der Waals surface area (Å²) in [5.74, 6) is 0.670. The van der Waals surface area contributed by atoms with Crippen LogP contribution in [0.25, 0.3) is 0 Å². The van der Waals surface area contributed by atoms with E-state index in [1.807, 2.05) is 26.8 Å². The van der Waals surface area contributed by atoms with Gasteiger partial charge in [0.25, 0.3) is 0 Å². The Balaban J connectivity index is 1.95. The van der Waals surface area contributed by atoms with Gasteiger partial charge in [0.2, 0.25) is 5.88 Å². The number of alkyl carbamates (subject to hydrolysis) is 1. The number of nitrogens with zero attached hydrogens (tertiary/aromatic N) is 2. The predicted molar refractivity (Wildman–Crippen MR) is 101 cm³/mol. The molecule has 6 nitrogen and oxygen atoms in total. The van der Waals surface area contributed by atoms with Gasteiger partial charge >= 0.3 is 6.09 Å². The van der Waals surface area contributed by atoms with Gasteiger partial charge in [-0.2, -0.15) is 0 Å². The molecule has 134 valence electrons. The SMILES string of the molecule is COc1nccc(I)c1CN1CCC[C@H](NC(=O)OC(C)(C)C)C1. The van der Waals surface area contributed by atoms with Gasteiger partial charge in [0.05, 0.1) is 7.11 Å². The maximum atomic E-state index is 12.0. The summed E-state index contributed by atoms with van der Waals surface area (Å²) in [5, 5.41) is 2.98. The van der Waals surface area contributed by atoms with Crippen molar-refractivity contribution in [3.05, 3.63) is 21.4 Å². The lowest BCUT2D eigenvalue weighted by molar-refractivity contribution is 0.0470. The van der Waals surface area contributed by atoms with Gasteiger partial charge in [0, 0.05) is 34.5 Å². The van der Waals surface area contributed by atoms with Crippen molar-refractivity contribution < 1.29 is 14.3 Å². The standard InChI is InChI=1S/C17H26IN3O3/c1-17(2,3)24-16(22)20-12-6-5-9-21(10-12)11-13-14(18)7-8-19-15(13)23-4/h7-8,12H,5-6,9-11H2,1-4H3,(H,20,22)/t12-/m0/s1. The lowest BCUT2D eigenvalue weighted by atomic mass is 10.1.